The van der Waals surface area contributed by atoms with Gasteiger partial charge in [0.05, 0.1) is 23.2 Å². The average Bonchev–Trinajstić information content (AvgIpc) is 3.54. The van der Waals surface area contributed by atoms with Gasteiger partial charge < -0.3 is 9.15 Å². The maximum atomic E-state index is 6.07. The zero-order valence-electron chi connectivity index (χ0n) is 16.0. The number of halogens is 1. The van der Waals surface area contributed by atoms with E-state index in [1.807, 2.05) is 30.3 Å². The lowest BCUT2D eigenvalue weighted by Crippen LogP contribution is -2.16. The second-order valence-corrected chi connectivity index (χ2v) is 9.30. The molecule has 30 heavy (non-hydrogen) atoms. The van der Waals surface area contributed by atoms with Crippen LogP contribution in [0.25, 0.3) is 22.2 Å². The quantitative estimate of drug-likeness (QED) is 0.327. The van der Waals surface area contributed by atoms with Crippen LogP contribution >= 0.6 is 34.7 Å². The van der Waals surface area contributed by atoms with Crippen LogP contribution in [-0.4, -0.2) is 32.5 Å². The molecule has 0 bridgehead atoms. The van der Waals surface area contributed by atoms with Crippen LogP contribution in [0.5, 0.6) is 0 Å². The Bertz CT molecular complexity index is 1120. The molecule has 0 N–H and O–H groups in total. The van der Waals surface area contributed by atoms with Crippen molar-refractivity contribution in [2.45, 2.75) is 36.4 Å². The molecular weight excluding hydrogens is 440 g/mol. The van der Waals surface area contributed by atoms with Crippen molar-refractivity contribution in [3.8, 4) is 22.2 Å². The van der Waals surface area contributed by atoms with Gasteiger partial charge in [0.2, 0.25) is 5.89 Å². The molecule has 3 aromatic heterocycles. The van der Waals surface area contributed by atoms with Gasteiger partial charge in [-0.3, -0.25) is 4.57 Å². The number of nitrogens with zero attached hydrogens (tertiary/aromatic N) is 4. The van der Waals surface area contributed by atoms with Crippen molar-refractivity contribution in [2.75, 3.05) is 6.61 Å². The number of thioether (sulfide) groups is 1. The van der Waals surface area contributed by atoms with E-state index < -0.39 is 0 Å². The molecule has 0 amide bonds. The van der Waals surface area contributed by atoms with Crippen molar-refractivity contribution in [1.29, 1.82) is 0 Å². The Morgan fingerprint density at radius 2 is 2.20 bits per heavy atom. The summed E-state index contributed by atoms with van der Waals surface area (Å²) in [7, 11) is 0. The summed E-state index contributed by atoms with van der Waals surface area (Å²) in [5.74, 6) is 2.09. The van der Waals surface area contributed by atoms with Gasteiger partial charge in [0.25, 0.3) is 0 Å². The highest BCUT2D eigenvalue weighted by atomic mass is 35.5. The molecule has 1 saturated heterocycles. The number of hydrogen-bond acceptors (Lipinski definition) is 7. The summed E-state index contributed by atoms with van der Waals surface area (Å²) >= 11 is 9.34. The molecule has 0 radical (unpaired) electrons. The normalized spacial score (nSPS) is 16.4. The summed E-state index contributed by atoms with van der Waals surface area (Å²) in [6.07, 6.45) is 4.07. The second-order valence-electron chi connectivity index (χ2n) is 6.97. The Hall–Kier alpha value is -2.13. The van der Waals surface area contributed by atoms with Crippen LogP contribution in [0.3, 0.4) is 0 Å². The molecule has 0 saturated carbocycles. The zero-order chi connectivity index (χ0) is 20.3. The Labute approximate surface area is 187 Å². The standard InChI is InChI=1S/C21H19ClN4O2S2/c22-15-5-1-4-14(10-15)20-23-16(12-28-20)13-30-21-25-24-19(18-7-3-9-29-18)26(21)11-17-6-2-8-27-17/h1,3-5,7,9-10,12,17H,2,6,8,11,13H2. The van der Waals surface area contributed by atoms with Crippen molar-refractivity contribution in [3.63, 3.8) is 0 Å². The minimum atomic E-state index is 0.209. The number of ether oxygens (including phenoxy) is 1. The van der Waals surface area contributed by atoms with Crippen LogP contribution in [0.2, 0.25) is 5.02 Å². The molecule has 9 heteroatoms. The maximum absolute atomic E-state index is 6.07. The lowest BCUT2D eigenvalue weighted by Gasteiger charge is -2.13. The summed E-state index contributed by atoms with van der Waals surface area (Å²) < 4.78 is 13.7. The summed E-state index contributed by atoms with van der Waals surface area (Å²) in [6.45, 7) is 1.59. The number of hydrogen-bond donors (Lipinski definition) is 0. The van der Waals surface area contributed by atoms with Gasteiger partial charge in [-0.2, -0.15) is 0 Å². The Morgan fingerprint density at radius 3 is 3.00 bits per heavy atom. The number of rotatable bonds is 7. The first-order valence-corrected chi connectivity index (χ1v) is 11.9. The van der Waals surface area contributed by atoms with E-state index in [4.69, 9.17) is 20.8 Å². The van der Waals surface area contributed by atoms with Crippen molar-refractivity contribution in [3.05, 3.63) is 58.8 Å². The van der Waals surface area contributed by atoms with Gasteiger partial charge in [-0.1, -0.05) is 35.5 Å². The summed E-state index contributed by atoms with van der Waals surface area (Å²) in [5.41, 5.74) is 1.71. The molecular formula is C21H19ClN4O2S2. The Kier molecular flexibility index (Phi) is 5.90. The molecule has 6 nitrogen and oxygen atoms in total. The highest BCUT2D eigenvalue weighted by Crippen LogP contribution is 2.31. The average molecular weight is 459 g/mol. The second kappa shape index (κ2) is 8.93. The minimum Gasteiger partial charge on any atom is -0.444 e. The van der Waals surface area contributed by atoms with E-state index in [9.17, 15) is 0 Å². The fourth-order valence-corrected chi connectivity index (χ4v) is 5.14. The summed E-state index contributed by atoms with van der Waals surface area (Å²) in [5, 5.41) is 12.5. The third kappa shape index (κ3) is 4.32. The SMILES string of the molecule is Clc1cccc(-c2nc(CSc3nnc(-c4cccs4)n3CC3CCCO3)co2)c1. The Balaban J connectivity index is 1.35. The molecule has 1 aliphatic heterocycles. The fourth-order valence-electron chi connectivity index (χ4n) is 3.41. The van der Waals surface area contributed by atoms with Crippen LogP contribution in [0.1, 0.15) is 18.5 Å². The van der Waals surface area contributed by atoms with Gasteiger partial charge in [-0.25, -0.2) is 4.98 Å². The van der Waals surface area contributed by atoms with E-state index in [1.165, 1.54) is 0 Å². The van der Waals surface area contributed by atoms with Crippen LogP contribution in [0, 0.1) is 0 Å². The van der Waals surface area contributed by atoms with Crippen LogP contribution < -0.4 is 0 Å². The summed E-state index contributed by atoms with van der Waals surface area (Å²) in [6, 6.07) is 11.6. The van der Waals surface area contributed by atoms with E-state index in [0.29, 0.717) is 16.7 Å². The van der Waals surface area contributed by atoms with E-state index in [1.54, 1.807) is 29.4 Å². The van der Waals surface area contributed by atoms with Gasteiger partial charge in [0.1, 0.15) is 6.26 Å². The lowest BCUT2D eigenvalue weighted by atomic mass is 10.2. The third-order valence-electron chi connectivity index (χ3n) is 4.84. The lowest BCUT2D eigenvalue weighted by molar-refractivity contribution is 0.0953. The first-order chi connectivity index (χ1) is 14.8. The molecule has 0 aliphatic carbocycles. The van der Waals surface area contributed by atoms with Crippen molar-refractivity contribution < 1.29 is 9.15 Å². The number of oxazole rings is 1. The molecule has 1 fully saturated rings. The smallest absolute Gasteiger partial charge is 0.226 e. The molecule has 154 valence electrons. The predicted octanol–water partition coefficient (Wildman–Crippen LogP) is 5.79. The van der Waals surface area contributed by atoms with Gasteiger partial charge in [0, 0.05) is 22.9 Å². The first kappa shape index (κ1) is 19.8. The minimum absolute atomic E-state index is 0.209. The molecule has 1 aromatic carbocycles. The van der Waals surface area contributed by atoms with Crippen molar-refractivity contribution in [1.82, 2.24) is 19.7 Å². The van der Waals surface area contributed by atoms with E-state index in [0.717, 1.165) is 53.1 Å². The fraction of sp³-hybridized carbons (Fsp3) is 0.286. The van der Waals surface area contributed by atoms with Gasteiger partial charge in [-0.15, -0.1) is 21.5 Å². The van der Waals surface area contributed by atoms with Gasteiger partial charge >= 0.3 is 0 Å². The molecule has 5 rings (SSSR count). The van der Waals surface area contributed by atoms with E-state index in [-0.39, 0.29) is 6.10 Å². The van der Waals surface area contributed by atoms with E-state index in [2.05, 4.69) is 31.2 Å². The third-order valence-corrected chi connectivity index (χ3v) is 6.94. The van der Waals surface area contributed by atoms with Crippen LogP contribution in [0.4, 0.5) is 0 Å². The van der Waals surface area contributed by atoms with Gasteiger partial charge in [-0.05, 0) is 42.5 Å². The molecule has 1 atom stereocenters. The number of benzene rings is 1. The largest absolute Gasteiger partial charge is 0.444 e. The predicted molar refractivity (Wildman–Crippen MR) is 119 cm³/mol. The summed E-state index contributed by atoms with van der Waals surface area (Å²) in [4.78, 5) is 5.71. The highest BCUT2D eigenvalue weighted by molar-refractivity contribution is 7.98. The molecule has 0 spiro atoms. The Morgan fingerprint density at radius 1 is 1.23 bits per heavy atom. The topological polar surface area (TPSA) is 66.0 Å². The highest BCUT2D eigenvalue weighted by Gasteiger charge is 2.22. The van der Waals surface area contributed by atoms with Crippen molar-refractivity contribution in [2.24, 2.45) is 0 Å². The monoisotopic (exact) mass is 458 g/mol. The number of aromatic nitrogens is 4. The molecule has 4 aromatic rings. The molecule has 1 aliphatic rings. The van der Waals surface area contributed by atoms with Crippen LogP contribution in [0.15, 0.2) is 57.6 Å². The maximum Gasteiger partial charge on any atom is 0.226 e. The first-order valence-electron chi connectivity index (χ1n) is 9.68. The number of thiophene rings is 1. The zero-order valence-corrected chi connectivity index (χ0v) is 18.4. The van der Waals surface area contributed by atoms with Crippen molar-refractivity contribution >= 4 is 34.7 Å². The molecule has 1 unspecified atom stereocenters. The van der Waals surface area contributed by atoms with E-state index >= 15 is 0 Å². The van der Waals surface area contributed by atoms with Gasteiger partial charge in [0.15, 0.2) is 11.0 Å². The van der Waals surface area contributed by atoms with Crippen LogP contribution in [-0.2, 0) is 17.0 Å². The molecule has 4 heterocycles.